The lowest BCUT2D eigenvalue weighted by Crippen LogP contribution is -2.26. The van der Waals surface area contributed by atoms with Gasteiger partial charge in [0.15, 0.2) is 0 Å². The molecule has 84 valence electrons. The highest BCUT2D eigenvalue weighted by Gasteiger charge is 2.08. The van der Waals surface area contributed by atoms with Crippen LogP contribution >= 0.6 is 15.9 Å². The molecule has 0 spiro atoms. The van der Waals surface area contributed by atoms with Crippen LogP contribution < -0.4 is 5.32 Å². The summed E-state index contributed by atoms with van der Waals surface area (Å²) >= 11 is 3.31. The van der Waals surface area contributed by atoms with Crippen LogP contribution in [0.3, 0.4) is 0 Å². The number of benzene rings is 1. The van der Waals surface area contributed by atoms with Gasteiger partial charge < -0.3 is 5.32 Å². The number of hydrogen-bond donors (Lipinski definition) is 1. The van der Waals surface area contributed by atoms with E-state index in [9.17, 15) is 4.79 Å². The predicted molar refractivity (Wildman–Crippen MR) is 65.2 cm³/mol. The van der Waals surface area contributed by atoms with E-state index in [0.717, 1.165) is 10.0 Å². The molecule has 0 aliphatic rings. The van der Waals surface area contributed by atoms with Crippen molar-refractivity contribution in [1.82, 2.24) is 5.32 Å². The Morgan fingerprint density at radius 3 is 3.06 bits per heavy atom. The van der Waals surface area contributed by atoms with Gasteiger partial charge in [-0.05, 0) is 30.2 Å². The summed E-state index contributed by atoms with van der Waals surface area (Å²) in [5.41, 5.74) is 9.60. The molecule has 0 atom stereocenters. The van der Waals surface area contributed by atoms with E-state index in [-0.39, 0.29) is 12.5 Å². The minimum atomic E-state index is -0.160. The highest BCUT2D eigenvalue weighted by atomic mass is 79.9. The summed E-state index contributed by atoms with van der Waals surface area (Å²) in [5.74, 6) is -0.160. The molecule has 0 saturated carbocycles. The van der Waals surface area contributed by atoms with Crippen molar-refractivity contribution in [2.75, 3.05) is 13.1 Å². The van der Waals surface area contributed by atoms with Gasteiger partial charge in [0.05, 0.1) is 0 Å². The van der Waals surface area contributed by atoms with E-state index in [0.29, 0.717) is 12.1 Å². The molecule has 0 bridgehead atoms. The van der Waals surface area contributed by atoms with Gasteiger partial charge in [0.1, 0.15) is 0 Å². The van der Waals surface area contributed by atoms with E-state index >= 15 is 0 Å². The first kappa shape index (κ1) is 12.5. The van der Waals surface area contributed by atoms with Crippen molar-refractivity contribution >= 4 is 21.8 Å². The molecule has 0 heterocycles. The molecule has 0 saturated heterocycles. The Balaban J connectivity index is 2.65. The van der Waals surface area contributed by atoms with Crippen LogP contribution in [0.15, 0.2) is 27.8 Å². The average Bonchev–Trinajstić information content (AvgIpc) is 2.27. The normalized spacial score (nSPS) is 9.38. The Morgan fingerprint density at radius 2 is 2.38 bits per heavy atom. The van der Waals surface area contributed by atoms with Crippen LogP contribution in [0.1, 0.15) is 15.9 Å². The summed E-state index contributed by atoms with van der Waals surface area (Å²) in [6.07, 6.45) is 0. The maximum Gasteiger partial charge on any atom is 0.251 e. The molecule has 16 heavy (non-hydrogen) atoms. The lowest BCUT2D eigenvalue weighted by atomic mass is 10.1. The molecular formula is C10H11BrN4O. The summed E-state index contributed by atoms with van der Waals surface area (Å²) in [7, 11) is 0. The van der Waals surface area contributed by atoms with Crippen LogP contribution in [-0.2, 0) is 0 Å². The third kappa shape index (κ3) is 3.56. The highest BCUT2D eigenvalue weighted by molar-refractivity contribution is 9.10. The molecule has 0 radical (unpaired) electrons. The van der Waals surface area contributed by atoms with Crippen molar-refractivity contribution < 1.29 is 4.79 Å². The number of amides is 1. The molecule has 0 fully saturated rings. The van der Waals surface area contributed by atoms with Crippen molar-refractivity contribution in [3.63, 3.8) is 0 Å². The highest BCUT2D eigenvalue weighted by Crippen LogP contribution is 2.15. The van der Waals surface area contributed by atoms with E-state index in [1.165, 1.54) is 0 Å². The number of carbonyl (C=O) groups excluding carboxylic acids is 1. The van der Waals surface area contributed by atoms with Gasteiger partial charge in [-0.15, -0.1) is 0 Å². The number of halogens is 1. The average molecular weight is 283 g/mol. The van der Waals surface area contributed by atoms with E-state index in [1.54, 1.807) is 6.07 Å². The van der Waals surface area contributed by atoms with Crippen LogP contribution in [0.25, 0.3) is 10.4 Å². The van der Waals surface area contributed by atoms with Crippen molar-refractivity contribution in [3.8, 4) is 0 Å². The van der Waals surface area contributed by atoms with Crippen LogP contribution in [0, 0.1) is 6.92 Å². The summed E-state index contributed by atoms with van der Waals surface area (Å²) < 4.78 is 0.860. The van der Waals surface area contributed by atoms with Gasteiger partial charge in [-0.2, -0.15) is 0 Å². The van der Waals surface area contributed by atoms with Gasteiger partial charge in [0.2, 0.25) is 0 Å². The zero-order chi connectivity index (χ0) is 12.0. The van der Waals surface area contributed by atoms with Crippen molar-refractivity contribution in [1.29, 1.82) is 0 Å². The van der Waals surface area contributed by atoms with Crippen molar-refractivity contribution in [2.45, 2.75) is 6.92 Å². The monoisotopic (exact) mass is 282 g/mol. The van der Waals surface area contributed by atoms with Gasteiger partial charge in [0.25, 0.3) is 5.91 Å². The fourth-order valence-electron chi connectivity index (χ4n) is 1.20. The number of carbonyl (C=O) groups is 1. The molecule has 1 aromatic rings. The summed E-state index contributed by atoms with van der Waals surface area (Å²) in [4.78, 5) is 14.3. The molecular weight excluding hydrogens is 272 g/mol. The van der Waals surface area contributed by atoms with Crippen molar-refractivity contribution in [3.05, 3.63) is 44.2 Å². The number of hydrogen-bond acceptors (Lipinski definition) is 2. The van der Waals surface area contributed by atoms with Gasteiger partial charge >= 0.3 is 0 Å². The minimum absolute atomic E-state index is 0.160. The molecule has 1 N–H and O–H groups in total. The first-order valence-corrected chi connectivity index (χ1v) is 5.49. The summed E-state index contributed by atoms with van der Waals surface area (Å²) in [6.45, 7) is 2.47. The van der Waals surface area contributed by atoms with E-state index in [2.05, 4.69) is 31.3 Å². The third-order valence-corrected chi connectivity index (χ3v) is 2.50. The molecule has 5 nitrogen and oxygen atoms in total. The number of aryl methyl sites for hydroxylation is 1. The van der Waals surface area contributed by atoms with Gasteiger partial charge in [0, 0.05) is 28.0 Å². The maximum atomic E-state index is 11.7. The SMILES string of the molecule is Cc1ccc(Br)cc1C(=O)NCCN=[N+]=[N-]. The first-order chi connectivity index (χ1) is 7.65. The van der Waals surface area contributed by atoms with E-state index in [1.807, 2.05) is 19.1 Å². The quantitative estimate of drug-likeness (QED) is 0.392. The second-order valence-corrected chi connectivity index (χ2v) is 4.09. The number of azide groups is 1. The standard InChI is InChI=1S/C10H11BrN4O/c1-7-2-3-8(11)6-9(7)10(16)13-4-5-14-15-12/h2-3,6H,4-5H2,1H3,(H,13,16). The van der Waals surface area contributed by atoms with Crippen molar-refractivity contribution in [2.24, 2.45) is 5.11 Å². The molecule has 0 aliphatic heterocycles. The second kappa shape index (κ2) is 6.15. The fourth-order valence-corrected chi connectivity index (χ4v) is 1.56. The molecule has 6 heteroatoms. The molecule has 1 amide bonds. The number of nitrogens with zero attached hydrogens (tertiary/aromatic N) is 3. The predicted octanol–water partition coefficient (Wildman–Crippen LogP) is 2.80. The lowest BCUT2D eigenvalue weighted by molar-refractivity contribution is 0.0954. The van der Waals surface area contributed by atoms with E-state index < -0.39 is 0 Å². The fraction of sp³-hybridized carbons (Fsp3) is 0.300. The second-order valence-electron chi connectivity index (χ2n) is 3.17. The van der Waals surface area contributed by atoms with Gasteiger partial charge in [-0.25, -0.2) is 0 Å². The Kier molecular flexibility index (Phi) is 4.82. The Bertz CT molecular complexity index is 440. The maximum absolute atomic E-state index is 11.7. The largest absolute Gasteiger partial charge is 0.352 e. The molecule has 0 unspecified atom stereocenters. The topological polar surface area (TPSA) is 77.9 Å². The molecule has 0 aromatic heterocycles. The Hall–Kier alpha value is -1.52. The molecule has 1 aromatic carbocycles. The van der Waals surface area contributed by atoms with Crippen LogP contribution in [0.4, 0.5) is 0 Å². The summed E-state index contributed by atoms with van der Waals surface area (Å²) in [6, 6.07) is 5.51. The van der Waals surface area contributed by atoms with Crippen LogP contribution in [0.2, 0.25) is 0 Å². The Morgan fingerprint density at radius 1 is 1.62 bits per heavy atom. The lowest BCUT2D eigenvalue weighted by Gasteiger charge is -2.06. The zero-order valence-corrected chi connectivity index (χ0v) is 10.4. The molecule has 1 rings (SSSR count). The van der Waals surface area contributed by atoms with Crippen LogP contribution in [-0.4, -0.2) is 19.0 Å². The Labute approximate surface area is 102 Å². The molecule has 0 aliphatic carbocycles. The minimum Gasteiger partial charge on any atom is -0.352 e. The van der Waals surface area contributed by atoms with Gasteiger partial charge in [-0.3, -0.25) is 4.79 Å². The first-order valence-electron chi connectivity index (χ1n) is 4.70. The summed E-state index contributed by atoms with van der Waals surface area (Å²) in [5, 5.41) is 6.01. The zero-order valence-electron chi connectivity index (χ0n) is 8.77. The van der Waals surface area contributed by atoms with Crippen LogP contribution in [0.5, 0.6) is 0 Å². The van der Waals surface area contributed by atoms with E-state index in [4.69, 9.17) is 5.53 Å². The van der Waals surface area contributed by atoms with Gasteiger partial charge in [-0.1, -0.05) is 27.1 Å². The number of rotatable bonds is 4. The smallest absolute Gasteiger partial charge is 0.251 e. The number of nitrogens with one attached hydrogen (secondary N) is 1. The third-order valence-electron chi connectivity index (χ3n) is 2.00.